The third kappa shape index (κ3) is 2.87. The van der Waals surface area contributed by atoms with Gasteiger partial charge in [-0.15, -0.1) is 0 Å². The predicted octanol–water partition coefficient (Wildman–Crippen LogP) is 2.75. The lowest BCUT2D eigenvalue weighted by molar-refractivity contribution is 0.189. The highest BCUT2D eigenvalue weighted by molar-refractivity contribution is 7.71. The van der Waals surface area contributed by atoms with Gasteiger partial charge in [-0.1, -0.05) is 12.1 Å². The van der Waals surface area contributed by atoms with E-state index in [1.165, 1.54) is 18.4 Å². The van der Waals surface area contributed by atoms with E-state index in [-0.39, 0.29) is 0 Å². The zero-order valence-corrected chi connectivity index (χ0v) is 13.2. The van der Waals surface area contributed by atoms with Gasteiger partial charge in [-0.2, -0.15) is 5.10 Å². The second kappa shape index (κ2) is 5.99. The largest absolute Gasteiger partial charge is 0.497 e. The molecule has 0 aliphatic carbocycles. The second-order valence-electron chi connectivity index (χ2n) is 5.41. The molecule has 5 nitrogen and oxygen atoms in total. The maximum absolute atomic E-state index is 5.37. The number of nitrogens with zero attached hydrogens (tertiary/aromatic N) is 4. The molecule has 2 aromatic rings. The molecule has 1 saturated heterocycles. The normalized spacial score (nSPS) is 19.0. The summed E-state index contributed by atoms with van der Waals surface area (Å²) >= 11 is 5.37. The fourth-order valence-corrected chi connectivity index (χ4v) is 3.04. The molecular weight excluding hydrogens is 284 g/mol. The minimum Gasteiger partial charge on any atom is -0.497 e. The van der Waals surface area contributed by atoms with Crippen LogP contribution in [0.5, 0.6) is 5.75 Å². The lowest BCUT2D eigenvalue weighted by Crippen LogP contribution is -2.27. The zero-order valence-electron chi connectivity index (χ0n) is 12.4. The number of methoxy groups -OCH3 is 1. The smallest absolute Gasteiger partial charge is 0.198 e. The Labute approximate surface area is 129 Å². The summed E-state index contributed by atoms with van der Waals surface area (Å²) in [5.74, 6) is 0.898. The van der Waals surface area contributed by atoms with Crippen LogP contribution in [0.4, 0.5) is 0 Å². The molecule has 0 bridgehead atoms. The monoisotopic (exact) mass is 304 g/mol. The minimum atomic E-state index is 0.430. The van der Waals surface area contributed by atoms with E-state index in [1.54, 1.807) is 13.4 Å². The molecule has 21 heavy (non-hydrogen) atoms. The summed E-state index contributed by atoms with van der Waals surface area (Å²) < 4.78 is 9.74. The van der Waals surface area contributed by atoms with E-state index in [0.29, 0.717) is 6.04 Å². The summed E-state index contributed by atoms with van der Waals surface area (Å²) in [6, 6.07) is 8.79. The van der Waals surface area contributed by atoms with Gasteiger partial charge in [-0.3, -0.25) is 4.90 Å². The Hall–Kier alpha value is -1.66. The van der Waals surface area contributed by atoms with Crippen molar-refractivity contribution in [2.75, 3.05) is 13.7 Å². The van der Waals surface area contributed by atoms with Gasteiger partial charge < -0.3 is 9.30 Å². The molecule has 112 valence electrons. The minimum absolute atomic E-state index is 0.430. The Bertz CT molecular complexity index is 661. The first-order chi connectivity index (χ1) is 10.2. The summed E-state index contributed by atoms with van der Waals surface area (Å²) in [5, 5.41) is 4.35. The number of ether oxygens (including phenoxy) is 1. The van der Waals surface area contributed by atoms with Crippen LogP contribution < -0.4 is 4.74 Å². The van der Waals surface area contributed by atoms with Crippen LogP contribution in [0, 0.1) is 4.77 Å². The SMILES string of the molecule is COc1ccc([C@H]2CCCN2Cn2ncn(C)c2=S)cc1. The van der Waals surface area contributed by atoms with Crippen LogP contribution in [-0.4, -0.2) is 32.9 Å². The first-order valence-corrected chi connectivity index (χ1v) is 7.56. The second-order valence-corrected chi connectivity index (χ2v) is 5.77. The van der Waals surface area contributed by atoms with E-state index >= 15 is 0 Å². The van der Waals surface area contributed by atoms with E-state index in [1.807, 2.05) is 28.4 Å². The molecule has 3 rings (SSSR count). The number of aromatic nitrogens is 3. The van der Waals surface area contributed by atoms with Crippen LogP contribution >= 0.6 is 12.2 Å². The quantitative estimate of drug-likeness (QED) is 0.814. The molecule has 0 radical (unpaired) electrons. The van der Waals surface area contributed by atoms with Gasteiger partial charge in [0.05, 0.1) is 13.8 Å². The van der Waals surface area contributed by atoms with Crippen molar-refractivity contribution < 1.29 is 4.74 Å². The average Bonchev–Trinajstić information content (AvgIpc) is 3.10. The van der Waals surface area contributed by atoms with E-state index in [4.69, 9.17) is 17.0 Å². The summed E-state index contributed by atoms with van der Waals surface area (Å²) in [7, 11) is 3.62. The van der Waals surface area contributed by atoms with Crippen LogP contribution in [0.15, 0.2) is 30.6 Å². The summed E-state index contributed by atoms with van der Waals surface area (Å²) in [4.78, 5) is 2.44. The molecule has 0 unspecified atom stereocenters. The van der Waals surface area contributed by atoms with E-state index in [2.05, 4.69) is 22.1 Å². The maximum atomic E-state index is 5.37. The summed E-state index contributed by atoms with van der Waals surface area (Å²) in [6.07, 6.45) is 4.14. The number of aryl methyl sites for hydroxylation is 1. The van der Waals surface area contributed by atoms with E-state index < -0.39 is 0 Å². The molecule has 1 aliphatic rings. The first-order valence-electron chi connectivity index (χ1n) is 7.15. The number of hydrogen-bond donors (Lipinski definition) is 0. The predicted molar refractivity (Wildman–Crippen MR) is 83.7 cm³/mol. The standard InChI is InChI=1S/C15H20N4OS/c1-17-10-16-19(15(17)21)11-18-9-3-4-14(18)12-5-7-13(20-2)8-6-12/h5-8,10,14H,3-4,9,11H2,1-2H3/t14-/m1/s1. The molecule has 0 saturated carbocycles. The fraction of sp³-hybridized carbons (Fsp3) is 0.467. The Morgan fingerprint density at radius 2 is 2.10 bits per heavy atom. The molecule has 1 aliphatic heterocycles. The Morgan fingerprint density at radius 1 is 1.33 bits per heavy atom. The van der Waals surface area contributed by atoms with Gasteiger partial charge in [0, 0.05) is 19.6 Å². The van der Waals surface area contributed by atoms with Gasteiger partial charge >= 0.3 is 0 Å². The molecule has 0 spiro atoms. The summed E-state index contributed by atoms with van der Waals surface area (Å²) in [5.41, 5.74) is 1.33. The van der Waals surface area contributed by atoms with Crippen LogP contribution in [-0.2, 0) is 13.7 Å². The van der Waals surface area contributed by atoms with Crippen molar-refractivity contribution in [3.8, 4) is 5.75 Å². The molecule has 1 aromatic heterocycles. The zero-order chi connectivity index (χ0) is 14.8. The number of likely N-dealkylation sites (tertiary alicyclic amines) is 1. The Balaban J connectivity index is 1.78. The average molecular weight is 304 g/mol. The van der Waals surface area contributed by atoms with Crippen molar-refractivity contribution in [1.29, 1.82) is 0 Å². The molecule has 6 heteroatoms. The van der Waals surface area contributed by atoms with Crippen LogP contribution in [0.25, 0.3) is 0 Å². The maximum Gasteiger partial charge on any atom is 0.198 e. The van der Waals surface area contributed by atoms with E-state index in [0.717, 1.165) is 23.7 Å². The molecule has 1 aromatic carbocycles. The number of hydrogen-bond acceptors (Lipinski definition) is 4. The fourth-order valence-electron chi connectivity index (χ4n) is 2.89. The van der Waals surface area contributed by atoms with Gasteiger partial charge in [0.25, 0.3) is 0 Å². The third-order valence-electron chi connectivity index (χ3n) is 4.07. The molecule has 0 N–H and O–H groups in total. The Morgan fingerprint density at radius 3 is 2.71 bits per heavy atom. The third-order valence-corrected chi connectivity index (χ3v) is 4.57. The lowest BCUT2D eigenvalue weighted by atomic mass is 10.0. The van der Waals surface area contributed by atoms with Crippen LogP contribution in [0.3, 0.4) is 0 Å². The van der Waals surface area contributed by atoms with Crippen molar-refractivity contribution in [3.63, 3.8) is 0 Å². The van der Waals surface area contributed by atoms with Gasteiger partial charge in [0.2, 0.25) is 0 Å². The first kappa shape index (κ1) is 14.3. The number of rotatable bonds is 4. The molecule has 1 fully saturated rings. The van der Waals surface area contributed by atoms with Gasteiger partial charge in [0.15, 0.2) is 4.77 Å². The Kier molecular flexibility index (Phi) is 4.07. The highest BCUT2D eigenvalue weighted by atomic mass is 32.1. The van der Waals surface area contributed by atoms with Crippen LogP contribution in [0.2, 0.25) is 0 Å². The molecule has 1 atom stereocenters. The molecular formula is C15H20N4OS. The van der Waals surface area contributed by atoms with Crippen molar-refractivity contribution >= 4 is 12.2 Å². The van der Waals surface area contributed by atoms with Gasteiger partial charge in [-0.05, 0) is 42.8 Å². The molecule has 2 heterocycles. The van der Waals surface area contributed by atoms with Crippen molar-refractivity contribution in [1.82, 2.24) is 19.2 Å². The number of benzene rings is 1. The highest BCUT2D eigenvalue weighted by Gasteiger charge is 2.26. The highest BCUT2D eigenvalue weighted by Crippen LogP contribution is 2.32. The molecule has 0 amide bonds. The van der Waals surface area contributed by atoms with Crippen molar-refractivity contribution in [3.05, 3.63) is 40.9 Å². The van der Waals surface area contributed by atoms with Gasteiger partial charge in [0.1, 0.15) is 12.1 Å². The van der Waals surface area contributed by atoms with E-state index in [9.17, 15) is 0 Å². The topological polar surface area (TPSA) is 35.2 Å². The lowest BCUT2D eigenvalue weighted by Gasteiger charge is -2.24. The summed E-state index contributed by atoms with van der Waals surface area (Å²) in [6.45, 7) is 1.82. The van der Waals surface area contributed by atoms with Crippen molar-refractivity contribution in [2.24, 2.45) is 7.05 Å². The van der Waals surface area contributed by atoms with Gasteiger partial charge in [-0.25, -0.2) is 4.68 Å². The van der Waals surface area contributed by atoms with Crippen molar-refractivity contribution in [2.45, 2.75) is 25.6 Å². The van der Waals surface area contributed by atoms with Crippen LogP contribution in [0.1, 0.15) is 24.4 Å².